The van der Waals surface area contributed by atoms with E-state index in [1.165, 1.54) is 12.1 Å². The van der Waals surface area contributed by atoms with Gasteiger partial charge in [-0.2, -0.15) is 0 Å². The van der Waals surface area contributed by atoms with E-state index in [1.54, 1.807) is 19.9 Å². The van der Waals surface area contributed by atoms with Gasteiger partial charge < -0.3 is 0 Å². The van der Waals surface area contributed by atoms with Gasteiger partial charge in [-0.25, -0.2) is 22.0 Å². The van der Waals surface area contributed by atoms with Gasteiger partial charge >= 0.3 is 0 Å². The Hall–Kier alpha value is -1.91. The van der Waals surface area contributed by atoms with Crippen LogP contribution in [0.15, 0.2) is 18.2 Å². The highest BCUT2D eigenvalue weighted by atomic mass is 19.2. The molecule has 0 heterocycles. The van der Waals surface area contributed by atoms with Gasteiger partial charge in [0.1, 0.15) is 0 Å². The molecule has 0 aromatic heterocycles. The van der Waals surface area contributed by atoms with Crippen LogP contribution in [0.25, 0.3) is 11.1 Å². The summed E-state index contributed by atoms with van der Waals surface area (Å²) in [5.74, 6) is -9.65. The fourth-order valence-electron chi connectivity index (χ4n) is 1.86. The van der Waals surface area contributed by atoms with E-state index in [-0.39, 0.29) is 5.56 Å². The topological polar surface area (TPSA) is 0 Å². The number of aryl methyl sites for hydroxylation is 1. The lowest BCUT2D eigenvalue weighted by molar-refractivity contribution is 0.381. The summed E-state index contributed by atoms with van der Waals surface area (Å²) >= 11 is 0. The summed E-state index contributed by atoms with van der Waals surface area (Å²) < 4.78 is 66.6. The maximum absolute atomic E-state index is 13.7. The van der Waals surface area contributed by atoms with E-state index < -0.39 is 34.6 Å². The Morgan fingerprint density at radius 1 is 0.684 bits per heavy atom. The standard InChI is InChI=1S/C14H9F5/c1-6-4-3-5-8(7(6)2)9-10(15)12(17)14(19)13(18)11(9)16/h3-5H,1-2H3. The first-order chi connectivity index (χ1) is 8.86. The molecule has 0 saturated carbocycles. The molecular formula is C14H9F5. The van der Waals surface area contributed by atoms with Crippen LogP contribution in [-0.2, 0) is 0 Å². The maximum Gasteiger partial charge on any atom is 0.200 e. The quantitative estimate of drug-likeness (QED) is 0.402. The molecule has 2 rings (SSSR count). The molecule has 0 unspecified atom stereocenters. The second-order valence-corrected chi connectivity index (χ2v) is 4.19. The zero-order chi connectivity index (χ0) is 14.3. The maximum atomic E-state index is 13.7. The van der Waals surface area contributed by atoms with Crippen molar-refractivity contribution in [2.75, 3.05) is 0 Å². The van der Waals surface area contributed by atoms with Crippen molar-refractivity contribution in [3.63, 3.8) is 0 Å². The smallest absolute Gasteiger partial charge is 0.200 e. The van der Waals surface area contributed by atoms with Gasteiger partial charge in [0.15, 0.2) is 23.3 Å². The van der Waals surface area contributed by atoms with Crippen molar-refractivity contribution in [3.8, 4) is 11.1 Å². The van der Waals surface area contributed by atoms with Crippen LogP contribution < -0.4 is 0 Å². The van der Waals surface area contributed by atoms with E-state index in [0.717, 1.165) is 0 Å². The lowest BCUT2D eigenvalue weighted by atomic mass is 9.96. The van der Waals surface area contributed by atoms with Gasteiger partial charge in [-0.3, -0.25) is 0 Å². The molecule has 5 heteroatoms. The van der Waals surface area contributed by atoms with Crippen molar-refractivity contribution in [1.82, 2.24) is 0 Å². The summed E-state index contributed by atoms with van der Waals surface area (Å²) in [6, 6.07) is 4.50. The lowest BCUT2D eigenvalue weighted by Crippen LogP contribution is -2.05. The van der Waals surface area contributed by atoms with E-state index in [0.29, 0.717) is 11.1 Å². The SMILES string of the molecule is Cc1cccc(-c2c(F)c(F)c(F)c(F)c2F)c1C. The van der Waals surface area contributed by atoms with Crippen LogP contribution in [0, 0.1) is 42.9 Å². The summed E-state index contributed by atoms with van der Waals surface area (Å²) in [6.45, 7) is 3.24. The molecule has 0 spiro atoms. The highest BCUT2D eigenvalue weighted by molar-refractivity contribution is 5.70. The van der Waals surface area contributed by atoms with Gasteiger partial charge in [-0.15, -0.1) is 0 Å². The minimum absolute atomic E-state index is 0.00667. The van der Waals surface area contributed by atoms with Crippen molar-refractivity contribution >= 4 is 0 Å². The number of halogens is 5. The average molecular weight is 272 g/mol. The molecule has 2 aromatic rings. The predicted molar refractivity (Wildman–Crippen MR) is 61.1 cm³/mol. The molecule has 0 fully saturated rings. The van der Waals surface area contributed by atoms with Crippen LogP contribution in [-0.4, -0.2) is 0 Å². The third-order valence-corrected chi connectivity index (χ3v) is 3.08. The molecule has 0 N–H and O–H groups in total. The molecule has 0 aliphatic carbocycles. The van der Waals surface area contributed by atoms with Crippen molar-refractivity contribution in [3.05, 3.63) is 58.4 Å². The largest absolute Gasteiger partial charge is 0.203 e. The Balaban J connectivity index is 2.87. The van der Waals surface area contributed by atoms with Crippen LogP contribution in [0.3, 0.4) is 0 Å². The number of rotatable bonds is 1. The first kappa shape index (κ1) is 13.5. The Kier molecular flexibility index (Phi) is 3.30. The van der Waals surface area contributed by atoms with Crippen LogP contribution in [0.4, 0.5) is 22.0 Å². The molecule has 0 saturated heterocycles. The van der Waals surface area contributed by atoms with Crippen molar-refractivity contribution < 1.29 is 22.0 Å². The highest BCUT2D eigenvalue weighted by Crippen LogP contribution is 2.34. The van der Waals surface area contributed by atoms with Crippen molar-refractivity contribution in [1.29, 1.82) is 0 Å². The third kappa shape index (κ3) is 1.99. The van der Waals surface area contributed by atoms with Crippen molar-refractivity contribution in [2.45, 2.75) is 13.8 Å². The van der Waals surface area contributed by atoms with Crippen LogP contribution >= 0.6 is 0 Å². The number of hydrogen-bond donors (Lipinski definition) is 0. The third-order valence-electron chi connectivity index (χ3n) is 3.08. The number of benzene rings is 2. The van der Waals surface area contributed by atoms with Gasteiger partial charge in [0.05, 0.1) is 5.56 Å². The average Bonchev–Trinajstić information content (AvgIpc) is 2.39. The summed E-state index contributed by atoms with van der Waals surface area (Å²) in [7, 11) is 0. The van der Waals surface area contributed by atoms with E-state index in [2.05, 4.69) is 0 Å². The fraction of sp³-hybridized carbons (Fsp3) is 0.143. The zero-order valence-corrected chi connectivity index (χ0v) is 10.1. The van der Waals surface area contributed by atoms with E-state index in [1.807, 2.05) is 0 Å². The Bertz CT molecular complexity index is 632. The Labute approximate surface area is 106 Å². The Morgan fingerprint density at radius 3 is 1.68 bits per heavy atom. The first-order valence-electron chi connectivity index (χ1n) is 5.44. The second-order valence-electron chi connectivity index (χ2n) is 4.19. The molecule has 0 amide bonds. The van der Waals surface area contributed by atoms with Gasteiger partial charge in [-0.05, 0) is 30.5 Å². The van der Waals surface area contributed by atoms with Gasteiger partial charge in [0.25, 0.3) is 0 Å². The molecule has 100 valence electrons. The van der Waals surface area contributed by atoms with Crippen LogP contribution in [0.2, 0.25) is 0 Å². The van der Waals surface area contributed by atoms with Crippen molar-refractivity contribution in [2.24, 2.45) is 0 Å². The van der Waals surface area contributed by atoms with Crippen LogP contribution in [0.1, 0.15) is 11.1 Å². The molecule has 19 heavy (non-hydrogen) atoms. The molecule has 0 nitrogen and oxygen atoms in total. The lowest BCUT2D eigenvalue weighted by Gasteiger charge is -2.12. The minimum Gasteiger partial charge on any atom is -0.203 e. The van der Waals surface area contributed by atoms with Gasteiger partial charge in [-0.1, -0.05) is 18.2 Å². The summed E-state index contributed by atoms with van der Waals surface area (Å²) in [4.78, 5) is 0. The normalized spacial score (nSPS) is 10.9. The summed E-state index contributed by atoms with van der Waals surface area (Å²) in [5.41, 5.74) is 0.262. The van der Waals surface area contributed by atoms with Gasteiger partial charge in [0, 0.05) is 0 Å². The molecular weight excluding hydrogens is 263 g/mol. The molecule has 0 atom stereocenters. The minimum atomic E-state index is -2.15. The van der Waals surface area contributed by atoms with E-state index in [4.69, 9.17) is 0 Å². The monoisotopic (exact) mass is 272 g/mol. The first-order valence-corrected chi connectivity index (χ1v) is 5.44. The predicted octanol–water partition coefficient (Wildman–Crippen LogP) is 4.67. The number of hydrogen-bond acceptors (Lipinski definition) is 0. The molecule has 0 bridgehead atoms. The zero-order valence-electron chi connectivity index (χ0n) is 10.1. The Morgan fingerprint density at radius 2 is 1.16 bits per heavy atom. The summed E-state index contributed by atoms with van der Waals surface area (Å²) in [5, 5.41) is 0. The fourth-order valence-corrected chi connectivity index (χ4v) is 1.86. The molecule has 0 aliphatic heterocycles. The van der Waals surface area contributed by atoms with E-state index in [9.17, 15) is 22.0 Å². The second kappa shape index (κ2) is 4.64. The van der Waals surface area contributed by atoms with Crippen LogP contribution in [0.5, 0.6) is 0 Å². The summed E-state index contributed by atoms with van der Waals surface area (Å²) in [6.07, 6.45) is 0. The van der Waals surface area contributed by atoms with E-state index >= 15 is 0 Å². The highest BCUT2D eigenvalue weighted by Gasteiger charge is 2.27. The molecule has 0 radical (unpaired) electrons. The van der Waals surface area contributed by atoms with Gasteiger partial charge in [0.2, 0.25) is 5.82 Å². The molecule has 2 aromatic carbocycles. The molecule has 0 aliphatic rings.